The van der Waals surface area contributed by atoms with Crippen LogP contribution in [0.25, 0.3) is 0 Å². The van der Waals surface area contributed by atoms with Crippen LogP contribution in [0.3, 0.4) is 0 Å². The largest absolute Gasteiger partial charge is 0.355 e. The number of aromatic amines is 1. The van der Waals surface area contributed by atoms with Crippen molar-refractivity contribution in [3.63, 3.8) is 0 Å². The lowest BCUT2D eigenvalue weighted by Gasteiger charge is -2.09. The lowest BCUT2D eigenvalue weighted by molar-refractivity contribution is -0.121. The highest BCUT2D eigenvalue weighted by molar-refractivity contribution is 5.77. The minimum atomic E-state index is 0.0533. The van der Waals surface area contributed by atoms with Gasteiger partial charge in [-0.05, 0) is 20.5 Å². The van der Waals surface area contributed by atoms with Crippen molar-refractivity contribution in [2.45, 2.75) is 12.8 Å². The van der Waals surface area contributed by atoms with Crippen LogP contribution in [0.5, 0.6) is 0 Å². The number of nitrogens with one attached hydrogen (secondary N) is 2. The predicted molar refractivity (Wildman–Crippen MR) is 56.3 cm³/mol. The van der Waals surface area contributed by atoms with Crippen molar-refractivity contribution in [1.82, 2.24) is 25.4 Å². The Labute approximate surface area is 89.1 Å². The first kappa shape index (κ1) is 11.6. The van der Waals surface area contributed by atoms with E-state index in [2.05, 4.69) is 20.5 Å². The molecule has 0 bridgehead atoms. The van der Waals surface area contributed by atoms with Gasteiger partial charge >= 0.3 is 0 Å². The average molecular weight is 211 g/mol. The zero-order chi connectivity index (χ0) is 11.1. The minimum Gasteiger partial charge on any atom is -0.355 e. The number of carbonyl (C=O) groups is 1. The van der Waals surface area contributed by atoms with Crippen molar-refractivity contribution in [3.05, 3.63) is 12.2 Å². The fourth-order valence-electron chi connectivity index (χ4n) is 1.18. The van der Waals surface area contributed by atoms with Crippen molar-refractivity contribution >= 4 is 5.91 Å². The molecule has 1 aromatic rings. The van der Waals surface area contributed by atoms with Crippen molar-refractivity contribution in [1.29, 1.82) is 0 Å². The molecule has 0 aromatic carbocycles. The molecule has 0 aliphatic heterocycles. The Morgan fingerprint density at radius 2 is 2.40 bits per heavy atom. The van der Waals surface area contributed by atoms with Gasteiger partial charge < -0.3 is 10.2 Å². The van der Waals surface area contributed by atoms with Crippen LogP contribution in [0.4, 0.5) is 0 Å². The number of hydrogen-bond acceptors (Lipinski definition) is 4. The number of hydrogen-bond donors (Lipinski definition) is 2. The van der Waals surface area contributed by atoms with Crippen LogP contribution in [-0.2, 0) is 11.2 Å². The smallest absolute Gasteiger partial charge is 0.234 e. The van der Waals surface area contributed by atoms with E-state index in [1.807, 2.05) is 19.0 Å². The van der Waals surface area contributed by atoms with Gasteiger partial charge in [-0.1, -0.05) is 0 Å². The van der Waals surface area contributed by atoms with Crippen LogP contribution < -0.4 is 5.32 Å². The standard InChI is InChI=1S/C9H17N5O/c1-14(2)6-9(15)10-5-3-4-8-11-7-12-13-8/h7H,3-6H2,1-2H3,(H,10,15)(H,11,12,13). The van der Waals surface area contributed by atoms with Crippen molar-refractivity contribution < 1.29 is 4.79 Å². The molecule has 0 aliphatic carbocycles. The molecule has 0 spiro atoms. The molecule has 15 heavy (non-hydrogen) atoms. The maximum atomic E-state index is 11.2. The van der Waals surface area contributed by atoms with Gasteiger partial charge in [-0.3, -0.25) is 9.89 Å². The maximum absolute atomic E-state index is 11.2. The zero-order valence-electron chi connectivity index (χ0n) is 9.16. The van der Waals surface area contributed by atoms with E-state index in [0.29, 0.717) is 13.1 Å². The average Bonchev–Trinajstić information content (AvgIpc) is 2.63. The number of aromatic nitrogens is 3. The molecule has 6 heteroatoms. The molecule has 0 saturated heterocycles. The highest BCUT2D eigenvalue weighted by Gasteiger charge is 2.01. The van der Waals surface area contributed by atoms with Crippen LogP contribution >= 0.6 is 0 Å². The van der Waals surface area contributed by atoms with Crippen LogP contribution in [0.1, 0.15) is 12.2 Å². The molecule has 2 N–H and O–H groups in total. The highest BCUT2D eigenvalue weighted by atomic mass is 16.1. The second-order valence-corrected chi connectivity index (χ2v) is 3.62. The molecule has 1 heterocycles. The van der Waals surface area contributed by atoms with E-state index in [4.69, 9.17) is 0 Å². The van der Waals surface area contributed by atoms with Crippen LogP contribution in [0.2, 0.25) is 0 Å². The molecule has 84 valence electrons. The molecular formula is C9H17N5O. The van der Waals surface area contributed by atoms with Gasteiger partial charge in [0.15, 0.2) is 0 Å². The third kappa shape index (κ3) is 5.11. The highest BCUT2D eigenvalue weighted by Crippen LogP contribution is 1.91. The van der Waals surface area contributed by atoms with E-state index in [9.17, 15) is 4.79 Å². The van der Waals surface area contributed by atoms with Gasteiger partial charge in [-0.25, -0.2) is 4.98 Å². The summed E-state index contributed by atoms with van der Waals surface area (Å²) in [5.74, 6) is 0.912. The summed E-state index contributed by atoms with van der Waals surface area (Å²) in [6.45, 7) is 1.11. The van der Waals surface area contributed by atoms with Gasteiger partial charge in [0.1, 0.15) is 12.2 Å². The van der Waals surface area contributed by atoms with Crippen molar-refractivity contribution in [2.24, 2.45) is 0 Å². The van der Waals surface area contributed by atoms with E-state index in [-0.39, 0.29) is 5.91 Å². The number of H-pyrrole nitrogens is 1. The second-order valence-electron chi connectivity index (χ2n) is 3.62. The number of rotatable bonds is 6. The Morgan fingerprint density at radius 1 is 1.60 bits per heavy atom. The Kier molecular flexibility index (Phi) is 4.76. The summed E-state index contributed by atoms with van der Waals surface area (Å²) in [5, 5.41) is 9.35. The number of aryl methyl sites for hydroxylation is 1. The molecule has 0 radical (unpaired) electrons. The van der Waals surface area contributed by atoms with Crippen LogP contribution in [0, 0.1) is 0 Å². The van der Waals surface area contributed by atoms with Gasteiger partial charge in [0.2, 0.25) is 5.91 Å². The van der Waals surface area contributed by atoms with E-state index >= 15 is 0 Å². The van der Waals surface area contributed by atoms with Crippen LogP contribution in [-0.4, -0.2) is 53.2 Å². The van der Waals surface area contributed by atoms with E-state index < -0.39 is 0 Å². The third-order valence-electron chi connectivity index (χ3n) is 1.84. The maximum Gasteiger partial charge on any atom is 0.234 e. The molecule has 0 fully saturated rings. The van der Waals surface area contributed by atoms with Gasteiger partial charge in [-0.15, -0.1) is 0 Å². The predicted octanol–water partition coefficient (Wildman–Crippen LogP) is -0.585. The topological polar surface area (TPSA) is 73.9 Å². The molecule has 1 rings (SSSR count). The van der Waals surface area contributed by atoms with Crippen molar-refractivity contribution in [2.75, 3.05) is 27.2 Å². The Morgan fingerprint density at radius 3 is 3.00 bits per heavy atom. The SMILES string of the molecule is CN(C)CC(=O)NCCCc1ncn[nH]1. The molecule has 1 aromatic heterocycles. The summed E-state index contributed by atoms with van der Waals surface area (Å²) in [7, 11) is 3.74. The van der Waals surface area contributed by atoms with E-state index in [1.165, 1.54) is 6.33 Å². The summed E-state index contributed by atoms with van der Waals surface area (Å²) < 4.78 is 0. The number of carbonyl (C=O) groups excluding carboxylic acids is 1. The quantitative estimate of drug-likeness (QED) is 0.617. The summed E-state index contributed by atoms with van der Waals surface area (Å²) in [4.78, 5) is 17.1. The summed E-state index contributed by atoms with van der Waals surface area (Å²) in [6, 6.07) is 0. The lowest BCUT2D eigenvalue weighted by Crippen LogP contribution is -2.33. The zero-order valence-corrected chi connectivity index (χ0v) is 9.16. The summed E-state index contributed by atoms with van der Waals surface area (Å²) >= 11 is 0. The molecule has 0 atom stereocenters. The molecule has 0 aliphatic rings. The summed E-state index contributed by atoms with van der Waals surface area (Å²) in [6.07, 6.45) is 3.16. The number of likely N-dealkylation sites (N-methyl/N-ethyl adjacent to an activating group) is 1. The first-order valence-corrected chi connectivity index (χ1v) is 4.94. The van der Waals surface area contributed by atoms with Crippen LogP contribution in [0.15, 0.2) is 6.33 Å². The lowest BCUT2D eigenvalue weighted by atomic mass is 10.3. The molecule has 0 unspecified atom stereocenters. The number of nitrogens with zero attached hydrogens (tertiary/aromatic N) is 3. The molecule has 0 saturated carbocycles. The first-order chi connectivity index (χ1) is 7.18. The fraction of sp³-hybridized carbons (Fsp3) is 0.667. The molecular weight excluding hydrogens is 194 g/mol. The van der Waals surface area contributed by atoms with Gasteiger partial charge in [-0.2, -0.15) is 5.10 Å². The molecule has 6 nitrogen and oxygen atoms in total. The van der Waals surface area contributed by atoms with E-state index in [1.54, 1.807) is 0 Å². The number of amides is 1. The van der Waals surface area contributed by atoms with E-state index in [0.717, 1.165) is 18.7 Å². The molecule has 1 amide bonds. The van der Waals surface area contributed by atoms with Gasteiger partial charge in [0.05, 0.1) is 6.54 Å². The third-order valence-corrected chi connectivity index (χ3v) is 1.84. The van der Waals surface area contributed by atoms with Gasteiger partial charge in [0, 0.05) is 13.0 Å². The first-order valence-electron chi connectivity index (χ1n) is 4.94. The normalized spacial score (nSPS) is 10.6. The second kappa shape index (κ2) is 6.13. The monoisotopic (exact) mass is 211 g/mol. The Balaban J connectivity index is 2.04. The Bertz CT molecular complexity index is 283. The summed E-state index contributed by atoms with van der Waals surface area (Å²) in [5.41, 5.74) is 0. The van der Waals surface area contributed by atoms with Gasteiger partial charge in [0.25, 0.3) is 0 Å². The minimum absolute atomic E-state index is 0.0533. The van der Waals surface area contributed by atoms with Crippen molar-refractivity contribution in [3.8, 4) is 0 Å². The Hall–Kier alpha value is -1.43. The fourth-order valence-corrected chi connectivity index (χ4v) is 1.18.